The second kappa shape index (κ2) is 18.3. The molecule has 0 aliphatic heterocycles. The van der Waals surface area contributed by atoms with Crippen LogP contribution < -0.4 is 19.3 Å². The number of methoxy groups -OCH3 is 2. The lowest BCUT2D eigenvalue weighted by molar-refractivity contribution is 0.416. The Morgan fingerprint density at radius 2 is 0.679 bits per heavy atom. The standard InChI is InChI=1S/C74H66N2O2/c1-71(2)47-74(7,50-28-30-51(31-29-50)75(52-35-40-69(77-8)61(42-52)48-20-12-10-13-21-48)54-32-37-59-57-24-16-18-26-63(57)72(3,4)66(59)44-54)68-46-56(34-39-65(68)71)76(53-36-41-70(78-9)62(43-53)49-22-14-11-15-23-49)55-33-38-60-58-25-17-19-27-64(58)73(5,6)67(60)45-55/h10-46H,47H2,1-9H3. The van der Waals surface area contributed by atoms with Gasteiger partial charge in [-0.2, -0.15) is 0 Å². The number of hydrogen-bond acceptors (Lipinski definition) is 4. The molecule has 0 heterocycles. The predicted octanol–water partition coefficient (Wildman–Crippen LogP) is 19.6. The molecule has 78 heavy (non-hydrogen) atoms. The van der Waals surface area contributed by atoms with Crippen LogP contribution in [0, 0.1) is 0 Å². The first-order valence-corrected chi connectivity index (χ1v) is 27.5. The van der Waals surface area contributed by atoms with Crippen molar-refractivity contribution in [1.82, 2.24) is 0 Å². The van der Waals surface area contributed by atoms with E-state index in [1.54, 1.807) is 14.2 Å². The lowest BCUT2D eigenvalue weighted by Crippen LogP contribution is -2.24. The second-order valence-corrected chi connectivity index (χ2v) is 23.6. The van der Waals surface area contributed by atoms with Crippen LogP contribution in [0.2, 0.25) is 0 Å². The van der Waals surface area contributed by atoms with E-state index >= 15 is 0 Å². The first-order chi connectivity index (χ1) is 37.7. The number of fused-ring (bicyclic) bond motifs is 7. The molecule has 0 aromatic heterocycles. The maximum absolute atomic E-state index is 6.05. The molecule has 0 bridgehead atoms. The summed E-state index contributed by atoms with van der Waals surface area (Å²) in [5.41, 5.74) is 24.9. The van der Waals surface area contributed by atoms with Gasteiger partial charge in [0.15, 0.2) is 0 Å². The monoisotopic (exact) mass is 1010 g/mol. The van der Waals surface area contributed by atoms with Crippen LogP contribution >= 0.6 is 0 Å². The highest BCUT2D eigenvalue weighted by Crippen LogP contribution is 2.57. The molecule has 384 valence electrons. The minimum Gasteiger partial charge on any atom is -0.496 e. The molecule has 4 nitrogen and oxygen atoms in total. The normalized spacial score (nSPS) is 16.6. The van der Waals surface area contributed by atoms with Gasteiger partial charge in [0.25, 0.3) is 0 Å². The molecule has 10 aromatic rings. The Morgan fingerprint density at radius 1 is 0.308 bits per heavy atom. The van der Waals surface area contributed by atoms with Crippen molar-refractivity contribution in [1.29, 1.82) is 0 Å². The molecular weight excluding hydrogens is 949 g/mol. The molecule has 0 N–H and O–H groups in total. The van der Waals surface area contributed by atoms with Crippen molar-refractivity contribution < 1.29 is 9.47 Å². The minimum atomic E-state index is -0.301. The maximum atomic E-state index is 6.05. The molecule has 0 saturated carbocycles. The van der Waals surface area contributed by atoms with Gasteiger partial charge in [-0.3, -0.25) is 0 Å². The van der Waals surface area contributed by atoms with Gasteiger partial charge < -0.3 is 19.3 Å². The van der Waals surface area contributed by atoms with Gasteiger partial charge in [0, 0.05) is 61.5 Å². The van der Waals surface area contributed by atoms with E-state index in [4.69, 9.17) is 9.47 Å². The molecule has 0 saturated heterocycles. The van der Waals surface area contributed by atoms with Gasteiger partial charge in [0.2, 0.25) is 0 Å². The van der Waals surface area contributed by atoms with Gasteiger partial charge in [-0.05, 0) is 169 Å². The zero-order valence-corrected chi connectivity index (χ0v) is 46.3. The first-order valence-electron chi connectivity index (χ1n) is 27.5. The van der Waals surface area contributed by atoms with Crippen LogP contribution in [-0.4, -0.2) is 14.2 Å². The Balaban J connectivity index is 0.943. The fourth-order valence-electron chi connectivity index (χ4n) is 13.9. The molecule has 0 amide bonds. The Hall–Kier alpha value is -8.60. The van der Waals surface area contributed by atoms with E-state index < -0.39 is 0 Å². The third-order valence-electron chi connectivity index (χ3n) is 17.8. The number of ether oxygens (including phenoxy) is 2. The highest BCUT2D eigenvalue weighted by molar-refractivity contribution is 5.90. The Morgan fingerprint density at radius 3 is 1.15 bits per heavy atom. The number of hydrogen-bond donors (Lipinski definition) is 0. The fraction of sp³-hybridized carbons (Fsp3) is 0.189. The Labute approximate surface area is 461 Å². The van der Waals surface area contributed by atoms with Gasteiger partial charge in [0.05, 0.1) is 14.2 Å². The van der Waals surface area contributed by atoms with Gasteiger partial charge >= 0.3 is 0 Å². The summed E-state index contributed by atoms with van der Waals surface area (Å²) in [6.07, 6.45) is 0.965. The van der Waals surface area contributed by atoms with E-state index in [2.05, 4.69) is 283 Å². The third-order valence-corrected chi connectivity index (χ3v) is 17.8. The summed E-state index contributed by atoms with van der Waals surface area (Å²) in [6.45, 7) is 16.8. The lowest BCUT2D eigenvalue weighted by atomic mass is 9.75. The van der Waals surface area contributed by atoms with Crippen LogP contribution in [-0.2, 0) is 21.7 Å². The molecule has 0 radical (unpaired) electrons. The van der Waals surface area contributed by atoms with E-state index in [1.165, 1.54) is 61.2 Å². The number of anilines is 6. The van der Waals surface area contributed by atoms with Crippen LogP contribution in [0.25, 0.3) is 44.5 Å². The zero-order valence-electron chi connectivity index (χ0n) is 46.3. The average Bonchev–Trinajstić information content (AvgIpc) is 4.19. The summed E-state index contributed by atoms with van der Waals surface area (Å²) >= 11 is 0. The second-order valence-electron chi connectivity index (χ2n) is 23.6. The van der Waals surface area contributed by atoms with E-state index in [-0.39, 0.29) is 21.7 Å². The maximum Gasteiger partial charge on any atom is 0.126 e. The molecule has 10 aromatic carbocycles. The van der Waals surface area contributed by atoms with Crippen LogP contribution in [0.3, 0.4) is 0 Å². The molecule has 0 fully saturated rings. The molecule has 1 unspecified atom stereocenters. The molecule has 3 aliphatic carbocycles. The SMILES string of the molecule is COc1ccc(N(c2ccc(C3(C)CC(C)(C)c4ccc(N(c5ccc(OC)c(-c6ccccc6)c5)c5ccc6c(c5)C(C)(C)c5ccccc5-6)cc43)cc2)c2ccc3c(c2)C(C)(C)c2ccccc2-3)cc1-c1ccccc1. The van der Waals surface area contributed by atoms with Crippen LogP contribution in [0.15, 0.2) is 224 Å². The van der Waals surface area contributed by atoms with E-state index in [0.29, 0.717) is 0 Å². The average molecular weight is 1020 g/mol. The van der Waals surface area contributed by atoms with Gasteiger partial charge in [-0.25, -0.2) is 0 Å². The molecule has 1 atom stereocenters. The minimum absolute atomic E-state index is 0.0756. The van der Waals surface area contributed by atoms with Gasteiger partial charge in [-0.1, -0.05) is 188 Å². The van der Waals surface area contributed by atoms with E-state index in [1.807, 2.05) is 0 Å². The Kier molecular flexibility index (Phi) is 11.5. The quantitative estimate of drug-likeness (QED) is 0.129. The molecule has 13 rings (SSSR count). The van der Waals surface area contributed by atoms with Crippen molar-refractivity contribution >= 4 is 34.1 Å². The van der Waals surface area contributed by atoms with Crippen molar-refractivity contribution in [3.63, 3.8) is 0 Å². The first kappa shape index (κ1) is 49.0. The summed E-state index contributed by atoms with van der Waals surface area (Å²) < 4.78 is 12.1. The van der Waals surface area contributed by atoms with Crippen LogP contribution in [0.5, 0.6) is 11.5 Å². The summed E-state index contributed by atoms with van der Waals surface area (Å²) in [4.78, 5) is 4.89. The van der Waals surface area contributed by atoms with Crippen molar-refractivity contribution in [2.45, 2.75) is 76.5 Å². The number of benzene rings is 10. The summed E-state index contributed by atoms with van der Waals surface area (Å²) in [7, 11) is 3.52. The molecule has 0 spiro atoms. The summed E-state index contributed by atoms with van der Waals surface area (Å²) in [6, 6.07) is 83.1. The molecule has 3 aliphatic rings. The lowest BCUT2D eigenvalue weighted by Gasteiger charge is -2.32. The van der Waals surface area contributed by atoms with Crippen LogP contribution in [0.1, 0.15) is 93.8 Å². The van der Waals surface area contributed by atoms with Crippen molar-refractivity contribution in [2.75, 3.05) is 24.0 Å². The number of nitrogens with zero attached hydrogens (tertiary/aromatic N) is 2. The van der Waals surface area contributed by atoms with Gasteiger partial charge in [0.1, 0.15) is 11.5 Å². The summed E-state index contributed by atoms with van der Waals surface area (Å²) in [5, 5.41) is 0. The zero-order chi connectivity index (χ0) is 53.7. The molecular formula is C74H66N2O2. The predicted molar refractivity (Wildman–Crippen MR) is 325 cm³/mol. The van der Waals surface area contributed by atoms with Crippen molar-refractivity contribution in [3.05, 3.63) is 263 Å². The van der Waals surface area contributed by atoms with Gasteiger partial charge in [-0.15, -0.1) is 0 Å². The fourth-order valence-corrected chi connectivity index (χ4v) is 13.9. The largest absolute Gasteiger partial charge is 0.496 e. The topological polar surface area (TPSA) is 24.9 Å². The van der Waals surface area contributed by atoms with Crippen LogP contribution in [0.4, 0.5) is 34.1 Å². The van der Waals surface area contributed by atoms with E-state index in [9.17, 15) is 0 Å². The van der Waals surface area contributed by atoms with Crippen molar-refractivity contribution in [3.8, 4) is 56.0 Å². The Bertz CT molecular complexity index is 3960. The number of rotatable bonds is 11. The highest BCUT2D eigenvalue weighted by atomic mass is 16.5. The van der Waals surface area contributed by atoms with Crippen molar-refractivity contribution in [2.24, 2.45) is 0 Å². The molecule has 4 heteroatoms. The highest BCUT2D eigenvalue weighted by Gasteiger charge is 2.46. The van der Waals surface area contributed by atoms with E-state index in [0.717, 1.165) is 74.3 Å². The smallest absolute Gasteiger partial charge is 0.126 e. The third kappa shape index (κ3) is 7.70. The summed E-state index contributed by atoms with van der Waals surface area (Å²) in [5.74, 6) is 1.68.